The Morgan fingerprint density at radius 1 is 1.19 bits per heavy atom. The van der Waals surface area contributed by atoms with Crippen LogP contribution in [0.3, 0.4) is 0 Å². The molecule has 2 fully saturated rings. The second kappa shape index (κ2) is 4.26. The van der Waals surface area contributed by atoms with E-state index in [1.54, 1.807) is 0 Å². The molecule has 0 spiro atoms. The Morgan fingerprint density at radius 3 is 2.25 bits per heavy atom. The van der Waals surface area contributed by atoms with Crippen LogP contribution in [-0.2, 0) is 9.47 Å². The third kappa shape index (κ3) is 3.17. The van der Waals surface area contributed by atoms with Crippen LogP contribution < -0.4 is 5.32 Å². The van der Waals surface area contributed by atoms with Crippen LogP contribution in [0.5, 0.6) is 0 Å². The molecular formula is C12H24N2O2. The summed E-state index contributed by atoms with van der Waals surface area (Å²) in [4.78, 5) is 2.38. The first kappa shape index (κ1) is 12.3. The van der Waals surface area contributed by atoms with E-state index in [2.05, 4.69) is 44.8 Å². The monoisotopic (exact) mass is 228 g/mol. The predicted octanol–water partition coefficient (Wildman–Crippen LogP) is 1.17. The highest BCUT2D eigenvalue weighted by molar-refractivity contribution is 4.88. The maximum atomic E-state index is 5.80. The lowest BCUT2D eigenvalue weighted by Crippen LogP contribution is -2.55. The van der Waals surface area contributed by atoms with Gasteiger partial charge in [0.2, 0.25) is 0 Å². The van der Waals surface area contributed by atoms with E-state index in [1.165, 1.54) is 0 Å². The Morgan fingerprint density at radius 2 is 1.75 bits per heavy atom. The molecule has 16 heavy (non-hydrogen) atoms. The molecule has 0 aromatic carbocycles. The molecule has 0 amide bonds. The topological polar surface area (TPSA) is 37.0 Å². The fourth-order valence-electron chi connectivity index (χ4n) is 2.36. The van der Waals surface area contributed by atoms with Gasteiger partial charge in [-0.15, -0.1) is 0 Å². The normalized spacial score (nSPS) is 41.1. The summed E-state index contributed by atoms with van der Waals surface area (Å²) >= 11 is 0. The third-order valence-electron chi connectivity index (χ3n) is 2.85. The maximum Gasteiger partial charge on any atom is 0.200 e. The van der Waals surface area contributed by atoms with Gasteiger partial charge in [-0.05, 0) is 34.6 Å². The van der Waals surface area contributed by atoms with E-state index < -0.39 is 0 Å². The summed E-state index contributed by atoms with van der Waals surface area (Å²) in [5.41, 5.74) is -0.120. The number of hydrogen-bond donors (Lipinski definition) is 1. The molecule has 2 saturated heterocycles. The molecule has 0 radical (unpaired) electrons. The van der Waals surface area contributed by atoms with Gasteiger partial charge in [0.15, 0.2) is 12.5 Å². The van der Waals surface area contributed by atoms with Crippen molar-refractivity contribution in [3.8, 4) is 0 Å². The molecule has 0 aromatic rings. The molecule has 2 aliphatic heterocycles. The highest BCUT2D eigenvalue weighted by Gasteiger charge is 2.48. The van der Waals surface area contributed by atoms with Gasteiger partial charge in [-0.1, -0.05) is 0 Å². The third-order valence-corrected chi connectivity index (χ3v) is 2.85. The summed E-state index contributed by atoms with van der Waals surface area (Å²) in [6.45, 7) is 12.7. The van der Waals surface area contributed by atoms with E-state index in [9.17, 15) is 0 Å². The van der Waals surface area contributed by atoms with E-state index in [0.717, 1.165) is 13.1 Å². The average Bonchev–Trinajstić information content (AvgIpc) is 2.78. The Bertz CT molecular complexity index is 242. The van der Waals surface area contributed by atoms with Crippen molar-refractivity contribution in [1.82, 2.24) is 10.2 Å². The van der Waals surface area contributed by atoms with Gasteiger partial charge in [0.25, 0.3) is 0 Å². The Balaban J connectivity index is 1.82. The summed E-state index contributed by atoms with van der Waals surface area (Å²) in [6.07, 6.45) is 0.142. The van der Waals surface area contributed by atoms with E-state index in [1.807, 2.05) is 0 Å². The number of nitrogens with one attached hydrogen (secondary N) is 1. The minimum atomic E-state index is -0.120. The molecule has 94 valence electrons. The van der Waals surface area contributed by atoms with Crippen molar-refractivity contribution in [2.75, 3.05) is 13.1 Å². The zero-order valence-electron chi connectivity index (χ0n) is 11.0. The molecule has 4 atom stereocenters. The van der Waals surface area contributed by atoms with Crippen LogP contribution >= 0.6 is 0 Å². The molecule has 0 bridgehead atoms. The highest BCUT2D eigenvalue weighted by Crippen LogP contribution is 2.31. The SMILES string of the molecule is CC1CN(C2OC2OC(C)(C)C)CC(C)N1. The molecule has 2 rings (SSSR count). The van der Waals surface area contributed by atoms with Gasteiger partial charge in [0.05, 0.1) is 5.60 Å². The Hall–Kier alpha value is -0.160. The van der Waals surface area contributed by atoms with Crippen LogP contribution in [-0.4, -0.2) is 48.2 Å². The van der Waals surface area contributed by atoms with Crippen molar-refractivity contribution in [2.45, 2.75) is 64.8 Å². The zero-order chi connectivity index (χ0) is 11.9. The Labute approximate surface area is 98.3 Å². The van der Waals surface area contributed by atoms with E-state index in [-0.39, 0.29) is 18.1 Å². The summed E-state index contributed by atoms with van der Waals surface area (Å²) in [5, 5.41) is 3.52. The molecule has 0 aliphatic carbocycles. The van der Waals surface area contributed by atoms with Gasteiger partial charge >= 0.3 is 0 Å². The molecule has 1 N–H and O–H groups in total. The second-order valence-corrected chi connectivity index (χ2v) is 6.05. The lowest BCUT2D eigenvalue weighted by Gasteiger charge is -2.35. The summed E-state index contributed by atoms with van der Waals surface area (Å²) in [7, 11) is 0. The lowest BCUT2D eigenvalue weighted by molar-refractivity contribution is -0.0579. The number of epoxide rings is 1. The smallest absolute Gasteiger partial charge is 0.200 e. The van der Waals surface area contributed by atoms with Gasteiger partial charge in [0.1, 0.15) is 0 Å². The number of nitrogens with zero attached hydrogens (tertiary/aromatic N) is 1. The predicted molar refractivity (Wildman–Crippen MR) is 63.1 cm³/mol. The average molecular weight is 228 g/mol. The van der Waals surface area contributed by atoms with Crippen molar-refractivity contribution >= 4 is 0 Å². The standard InChI is InChI=1S/C12H24N2O2/c1-8-6-14(7-9(2)13-8)10-11(15-10)16-12(3,4)5/h8-11,13H,6-7H2,1-5H3. The van der Waals surface area contributed by atoms with Crippen molar-refractivity contribution in [3.05, 3.63) is 0 Å². The number of rotatable bonds is 2. The Kier molecular flexibility index (Phi) is 3.27. The van der Waals surface area contributed by atoms with Crippen molar-refractivity contribution in [1.29, 1.82) is 0 Å². The zero-order valence-corrected chi connectivity index (χ0v) is 11.0. The fourth-order valence-corrected chi connectivity index (χ4v) is 2.36. The summed E-state index contributed by atoms with van der Waals surface area (Å²) in [5.74, 6) is 0. The molecule has 4 unspecified atom stereocenters. The van der Waals surface area contributed by atoms with E-state index in [4.69, 9.17) is 9.47 Å². The molecule has 0 saturated carbocycles. The number of hydrogen-bond acceptors (Lipinski definition) is 4. The van der Waals surface area contributed by atoms with Gasteiger partial charge in [0, 0.05) is 25.2 Å². The molecule has 0 aromatic heterocycles. The molecule has 4 heteroatoms. The quantitative estimate of drug-likeness (QED) is 0.720. The minimum Gasteiger partial charge on any atom is -0.343 e. The van der Waals surface area contributed by atoms with Crippen LogP contribution in [0, 0.1) is 0 Å². The molecule has 4 nitrogen and oxygen atoms in total. The van der Waals surface area contributed by atoms with Crippen molar-refractivity contribution in [3.63, 3.8) is 0 Å². The number of ether oxygens (including phenoxy) is 2. The maximum absolute atomic E-state index is 5.80. The summed E-state index contributed by atoms with van der Waals surface area (Å²) in [6, 6.07) is 1.06. The fraction of sp³-hybridized carbons (Fsp3) is 1.00. The second-order valence-electron chi connectivity index (χ2n) is 6.05. The van der Waals surface area contributed by atoms with Gasteiger partial charge in [-0.2, -0.15) is 0 Å². The highest BCUT2D eigenvalue weighted by atomic mass is 16.8. The van der Waals surface area contributed by atoms with Gasteiger partial charge in [-0.25, -0.2) is 0 Å². The van der Waals surface area contributed by atoms with E-state index >= 15 is 0 Å². The number of piperazine rings is 1. The lowest BCUT2D eigenvalue weighted by atomic mass is 10.1. The largest absolute Gasteiger partial charge is 0.343 e. The van der Waals surface area contributed by atoms with Crippen LogP contribution in [0.1, 0.15) is 34.6 Å². The first-order valence-corrected chi connectivity index (χ1v) is 6.18. The van der Waals surface area contributed by atoms with Gasteiger partial charge < -0.3 is 14.8 Å². The van der Waals surface area contributed by atoms with Crippen LogP contribution in [0.2, 0.25) is 0 Å². The molecular weight excluding hydrogens is 204 g/mol. The van der Waals surface area contributed by atoms with Crippen LogP contribution in [0.4, 0.5) is 0 Å². The molecule has 2 heterocycles. The minimum absolute atomic E-state index is 0.0301. The van der Waals surface area contributed by atoms with Gasteiger partial charge in [-0.3, -0.25) is 4.90 Å². The first-order chi connectivity index (χ1) is 7.35. The van der Waals surface area contributed by atoms with Crippen LogP contribution in [0.25, 0.3) is 0 Å². The van der Waals surface area contributed by atoms with Crippen LogP contribution in [0.15, 0.2) is 0 Å². The first-order valence-electron chi connectivity index (χ1n) is 6.18. The van der Waals surface area contributed by atoms with Crippen molar-refractivity contribution in [2.24, 2.45) is 0 Å². The van der Waals surface area contributed by atoms with Crippen molar-refractivity contribution < 1.29 is 9.47 Å². The summed E-state index contributed by atoms with van der Waals surface area (Å²) < 4.78 is 11.4. The van der Waals surface area contributed by atoms with E-state index in [0.29, 0.717) is 12.1 Å². The molecule has 2 aliphatic rings.